The molecule has 0 spiro atoms. The number of aromatic nitrogens is 2. The minimum absolute atomic E-state index is 0.186. The van der Waals surface area contributed by atoms with Crippen LogP contribution in [-0.2, 0) is 6.18 Å². The Hall–Kier alpha value is -0.860. The molecule has 1 atom stereocenters. The highest BCUT2D eigenvalue weighted by Crippen LogP contribution is 2.30. The summed E-state index contributed by atoms with van der Waals surface area (Å²) in [6.45, 7) is 0.186. The Kier molecular flexibility index (Phi) is 3.79. The summed E-state index contributed by atoms with van der Waals surface area (Å²) in [5.41, 5.74) is 4.71. The zero-order valence-electron chi connectivity index (χ0n) is 8.99. The third-order valence-corrected chi connectivity index (χ3v) is 4.15. The van der Waals surface area contributed by atoms with E-state index in [2.05, 4.69) is 21.0 Å². The molecule has 0 radical (unpaired) electrons. The van der Waals surface area contributed by atoms with Gasteiger partial charge in [-0.3, -0.25) is 4.68 Å². The van der Waals surface area contributed by atoms with Crippen molar-refractivity contribution in [2.24, 2.45) is 5.73 Å². The average molecular weight is 340 g/mol. The third-order valence-electron chi connectivity index (χ3n) is 2.36. The highest BCUT2D eigenvalue weighted by atomic mass is 79.9. The van der Waals surface area contributed by atoms with E-state index in [0.717, 1.165) is 15.4 Å². The highest BCUT2D eigenvalue weighted by Gasteiger charge is 2.34. The highest BCUT2D eigenvalue weighted by molar-refractivity contribution is 9.10. The Morgan fingerprint density at radius 3 is 2.67 bits per heavy atom. The maximum atomic E-state index is 12.5. The zero-order chi connectivity index (χ0) is 13.3. The van der Waals surface area contributed by atoms with Gasteiger partial charge in [-0.15, -0.1) is 11.3 Å². The number of rotatable bonds is 3. The summed E-state index contributed by atoms with van der Waals surface area (Å²) < 4.78 is 39.5. The molecule has 2 rings (SSSR count). The van der Waals surface area contributed by atoms with Crippen LogP contribution in [0.25, 0.3) is 0 Å². The minimum atomic E-state index is -4.43. The van der Waals surface area contributed by atoms with Crippen molar-refractivity contribution in [2.45, 2.75) is 12.2 Å². The van der Waals surface area contributed by atoms with Crippen molar-refractivity contribution in [3.05, 3.63) is 38.8 Å². The Bertz CT molecular complexity index is 534. The Balaban J connectivity index is 2.31. The average Bonchev–Trinajstić information content (AvgIpc) is 2.88. The van der Waals surface area contributed by atoms with E-state index >= 15 is 0 Å². The second-order valence-corrected chi connectivity index (χ2v) is 5.46. The van der Waals surface area contributed by atoms with Gasteiger partial charge in [0.2, 0.25) is 0 Å². The van der Waals surface area contributed by atoms with E-state index < -0.39 is 11.9 Å². The number of nitrogens with zero attached hydrogens (tertiary/aromatic N) is 2. The number of thiophene rings is 1. The van der Waals surface area contributed by atoms with Crippen molar-refractivity contribution < 1.29 is 13.2 Å². The molecule has 0 amide bonds. The smallest absolute Gasteiger partial charge is 0.328 e. The molecule has 0 aliphatic carbocycles. The van der Waals surface area contributed by atoms with Crippen molar-refractivity contribution in [1.29, 1.82) is 0 Å². The summed E-state index contributed by atoms with van der Waals surface area (Å²) in [7, 11) is 0. The minimum Gasteiger partial charge on any atom is -0.328 e. The van der Waals surface area contributed by atoms with Crippen LogP contribution in [0.15, 0.2) is 28.2 Å². The van der Waals surface area contributed by atoms with E-state index in [1.165, 1.54) is 22.2 Å². The topological polar surface area (TPSA) is 43.8 Å². The number of hydrogen-bond acceptors (Lipinski definition) is 3. The molecule has 0 aliphatic heterocycles. The van der Waals surface area contributed by atoms with Gasteiger partial charge in [0.05, 0.1) is 6.04 Å². The van der Waals surface area contributed by atoms with Crippen LogP contribution in [0.1, 0.15) is 16.6 Å². The van der Waals surface area contributed by atoms with Gasteiger partial charge >= 0.3 is 6.18 Å². The van der Waals surface area contributed by atoms with Crippen molar-refractivity contribution >= 4 is 27.3 Å². The van der Waals surface area contributed by atoms with Crippen LogP contribution in [0.3, 0.4) is 0 Å². The van der Waals surface area contributed by atoms with E-state index in [4.69, 9.17) is 5.73 Å². The second-order valence-electron chi connectivity index (χ2n) is 3.60. The monoisotopic (exact) mass is 339 g/mol. The van der Waals surface area contributed by atoms with Gasteiger partial charge in [0, 0.05) is 27.5 Å². The van der Waals surface area contributed by atoms with E-state index in [9.17, 15) is 13.2 Å². The van der Waals surface area contributed by atoms with E-state index in [0.29, 0.717) is 0 Å². The third kappa shape index (κ3) is 2.76. The summed E-state index contributed by atoms with van der Waals surface area (Å²) in [4.78, 5) is 0.862. The Morgan fingerprint density at radius 2 is 2.22 bits per heavy atom. The number of hydrogen-bond donors (Lipinski definition) is 1. The van der Waals surface area contributed by atoms with Gasteiger partial charge in [0.25, 0.3) is 0 Å². The van der Waals surface area contributed by atoms with Gasteiger partial charge in [-0.2, -0.15) is 18.3 Å². The molecule has 8 heteroatoms. The predicted octanol–water partition coefficient (Wildman–Crippen LogP) is 3.27. The fourth-order valence-corrected chi connectivity index (χ4v) is 3.07. The lowest BCUT2D eigenvalue weighted by molar-refractivity contribution is -0.141. The number of halogens is 4. The molecule has 18 heavy (non-hydrogen) atoms. The predicted molar refractivity (Wildman–Crippen MR) is 66.4 cm³/mol. The zero-order valence-corrected chi connectivity index (χ0v) is 11.4. The first-order valence-electron chi connectivity index (χ1n) is 4.98. The normalized spacial score (nSPS) is 13.8. The van der Waals surface area contributed by atoms with Crippen LogP contribution in [0.5, 0.6) is 0 Å². The molecule has 0 fully saturated rings. The van der Waals surface area contributed by atoms with Gasteiger partial charge in [0.15, 0.2) is 5.69 Å². The molecular formula is C10H9BrF3N3S. The van der Waals surface area contributed by atoms with Crippen molar-refractivity contribution in [3.63, 3.8) is 0 Å². The van der Waals surface area contributed by atoms with Crippen LogP contribution in [0.2, 0.25) is 0 Å². The molecule has 2 N–H and O–H groups in total. The van der Waals surface area contributed by atoms with Crippen LogP contribution in [-0.4, -0.2) is 16.3 Å². The molecular weight excluding hydrogens is 331 g/mol. The lowest BCUT2D eigenvalue weighted by Gasteiger charge is -2.13. The Labute approximate surface area is 114 Å². The first-order valence-corrected chi connectivity index (χ1v) is 6.65. The molecule has 0 bridgehead atoms. The van der Waals surface area contributed by atoms with Gasteiger partial charge < -0.3 is 5.73 Å². The fourth-order valence-electron chi connectivity index (χ4n) is 1.52. The summed E-state index contributed by atoms with van der Waals surface area (Å²) in [6, 6.07) is 2.40. The quantitative estimate of drug-likeness (QED) is 0.932. The largest absolute Gasteiger partial charge is 0.435 e. The van der Waals surface area contributed by atoms with Crippen molar-refractivity contribution in [2.75, 3.05) is 6.54 Å². The second kappa shape index (κ2) is 5.02. The Morgan fingerprint density at radius 1 is 1.50 bits per heavy atom. The summed E-state index contributed by atoms with van der Waals surface area (Å²) in [5.74, 6) is 0. The molecule has 3 nitrogen and oxygen atoms in total. The van der Waals surface area contributed by atoms with Gasteiger partial charge in [-0.25, -0.2) is 0 Å². The summed E-state index contributed by atoms with van der Waals surface area (Å²) in [5, 5.41) is 5.39. The molecule has 0 aliphatic rings. The number of alkyl halides is 3. The lowest BCUT2D eigenvalue weighted by atomic mass is 10.2. The summed E-state index contributed by atoms with van der Waals surface area (Å²) >= 11 is 4.72. The molecule has 98 valence electrons. The standard InChI is InChI=1S/C10H9BrF3N3S/c11-6-3-8(18-5-6)7(4-15)17-2-1-9(16-17)10(12,13)14/h1-3,5,7H,4,15H2. The van der Waals surface area contributed by atoms with E-state index in [-0.39, 0.29) is 12.6 Å². The fraction of sp³-hybridized carbons (Fsp3) is 0.300. The van der Waals surface area contributed by atoms with Crippen LogP contribution in [0, 0.1) is 0 Å². The first-order chi connectivity index (χ1) is 8.41. The molecule has 0 aromatic carbocycles. The van der Waals surface area contributed by atoms with E-state index in [1.54, 1.807) is 0 Å². The van der Waals surface area contributed by atoms with Crippen LogP contribution < -0.4 is 5.73 Å². The van der Waals surface area contributed by atoms with Crippen molar-refractivity contribution in [1.82, 2.24) is 9.78 Å². The molecule has 2 heterocycles. The molecule has 1 unspecified atom stereocenters. The van der Waals surface area contributed by atoms with Gasteiger partial charge in [0.1, 0.15) is 0 Å². The van der Waals surface area contributed by atoms with Crippen LogP contribution in [0.4, 0.5) is 13.2 Å². The maximum Gasteiger partial charge on any atom is 0.435 e. The first kappa shape index (κ1) is 13.6. The SMILES string of the molecule is NCC(c1cc(Br)cs1)n1ccc(C(F)(F)F)n1. The number of nitrogens with two attached hydrogens (primary N) is 1. The lowest BCUT2D eigenvalue weighted by Crippen LogP contribution is -2.20. The van der Waals surface area contributed by atoms with Crippen molar-refractivity contribution in [3.8, 4) is 0 Å². The molecule has 2 aromatic heterocycles. The molecule has 2 aromatic rings. The molecule has 0 saturated heterocycles. The van der Waals surface area contributed by atoms with Gasteiger partial charge in [-0.05, 0) is 28.1 Å². The van der Waals surface area contributed by atoms with Gasteiger partial charge in [-0.1, -0.05) is 0 Å². The van der Waals surface area contributed by atoms with Crippen LogP contribution >= 0.6 is 27.3 Å². The maximum absolute atomic E-state index is 12.5. The molecule has 0 saturated carbocycles. The summed E-state index contributed by atoms with van der Waals surface area (Å²) in [6.07, 6.45) is -3.13. The van der Waals surface area contributed by atoms with E-state index in [1.807, 2.05) is 11.4 Å².